The summed E-state index contributed by atoms with van der Waals surface area (Å²) in [5.74, 6) is 0. The number of nitrogens with zero attached hydrogens (tertiary/aromatic N) is 2. The van der Waals surface area contributed by atoms with Crippen molar-refractivity contribution in [3.05, 3.63) is 0 Å². The largest absolute Gasteiger partial charge is 0.336 e. The van der Waals surface area contributed by atoms with E-state index in [1.807, 2.05) is 4.90 Å². The zero-order valence-corrected chi connectivity index (χ0v) is 10.7. The van der Waals surface area contributed by atoms with Gasteiger partial charge in [0.25, 0.3) is 0 Å². The number of hydrogen-bond acceptors (Lipinski definition) is 3. The zero-order chi connectivity index (χ0) is 12.1. The van der Waals surface area contributed by atoms with E-state index in [1.165, 1.54) is 25.9 Å². The molecule has 17 heavy (non-hydrogen) atoms. The summed E-state index contributed by atoms with van der Waals surface area (Å²) >= 11 is 0. The molecule has 0 saturated carbocycles. The van der Waals surface area contributed by atoms with Gasteiger partial charge in [-0.3, -0.25) is 4.90 Å². The molecule has 2 rings (SSSR count). The minimum Gasteiger partial charge on any atom is -0.336 e. The zero-order valence-electron chi connectivity index (χ0n) is 10.7. The van der Waals surface area contributed by atoms with E-state index >= 15 is 0 Å². The molecule has 2 fully saturated rings. The molecule has 0 aromatic rings. The maximum atomic E-state index is 11.3. The fourth-order valence-electron chi connectivity index (χ4n) is 2.56. The van der Waals surface area contributed by atoms with E-state index in [0.29, 0.717) is 6.04 Å². The van der Waals surface area contributed by atoms with Crippen LogP contribution in [0.1, 0.15) is 19.8 Å². The van der Waals surface area contributed by atoms with Crippen molar-refractivity contribution < 1.29 is 4.79 Å². The fourth-order valence-corrected chi connectivity index (χ4v) is 2.56. The summed E-state index contributed by atoms with van der Waals surface area (Å²) in [6.45, 7) is 9.15. The summed E-state index contributed by atoms with van der Waals surface area (Å²) in [6, 6.07) is 0.698. The van der Waals surface area contributed by atoms with Crippen molar-refractivity contribution in [2.45, 2.75) is 25.8 Å². The lowest BCUT2D eigenvalue weighted by Crippen LogP contribution is -2.41. The van der Waals surface area contributed by atoms with Crippen molar-refractivity contribution >= 4 is 6.03 Å². The van der Waals surface area contributed by atoms with Gasteiger partial charge in [-0.15, -0.1) is 0 Å². The van der Waals surface area contributed by atoms with Gasteiger partial charge in [0.05, 0.1) is 0 Å². The Kier molecular flexibility index (Phi) is 4.62. The highest BCUT2D eigenvalue weighted by atomic mass is 16.2. The standard InChI is InChI=1S/C12H24N4O/c1-11(15-6-2-3-7-15)10-13-4-8-16-9-5-14-12(16)17/h11,13H,2-10H2,1H3,(H,14,17). The molecular formula is C12H24N4O. The molecule has 2 saturated heterocycles. The highest BCUT2D eigenvalue weighted by Crippen LogP contribution is 2.10. The number of hydrogen-bond donors (Lipinski definition) is 2. The number of carbonyl (C=O) groups is 1. The third-order valence-corrected chi connectivity index (χ3v) is 3.71. The van der Waals surface area contributed by atoms with Gasteiger partial charge in [0.15, 0.2) is 0 Å². The lowest BCUT2D eigenvalue weighted by molar-refractivity contribution is 0.215. The molecule has 5 heteroatoms. The van der Waals surface area contributed by atoms with E-state index in [0.717, 1.165) is 32.7 Å². The number of rotatable bonds is 6. The second kappa shape index (κ2) is 6.21. The lowest BCUT2D eigenvalue weighted by atomic mass is 10.3. The predicted molar refractivity (Wildman–Crippen MR) is 68.1 cm³/mol. The van der Waals surface area contributed by atoms with Gasteiger partial charge in [-0.25, -0.2) is 4.79 Å². The summed E-state index contributed by atoms with van der Waals surface area (Å²) in [6.07, 6.45) is 2.69. The highest BCUT2D eigenvalue weighted by molar-refractivity contribution is 5.76. The van der Waals surface area contributed by atoms with E-state index in [4.69, 9.17) is 0 Å². The van der Waals surface area contributed by atoms with Gasteiger partial charge in [0, 0.05) is 38.8 Å². The minimum absolute atomic E-state index is 0.0828. The van der Waals surface area contributed by atoms with Gasteiger partial charge in [-0.1, -0.05) is 0 Å². The molecule has 0 radical (unpaired) electrons. The van der Waals surface area contributed by atoms with Crippen LogP contribution in [0, 0.1) is 0 Å². The summed E-state index contributed by atoms with van der Waals surface area (Å²) in [4.78, 5) is 15.7. The van der Waals surface area contributed by atoms with E-state index in [2.05, 4.69) is 22.5 Å². The molecule has 1 unspecified atom stereocenters. The topological polar surface area (TPSA) is 47.6 Å². The molecule has 2 aliphatic rings. The van der Waals surface area contributed by atoms with Gasteiger partial charge in [0.1, 0.15) is 0 Å². The molecule has 2 aliphatic heterocycles. The van der Waals surface area contributed by atoms with Crippen LogP contribution in [-0.2, 0) is 0 Å². The van der Waals surface area contributed by atoms with E-state index in [9.17, 15) is 4.79 Å². The summed E-state index contributed by atoms with van der Waals surface area (Å²) in [7, 11) is 0. The van der Waals surface area contributed by atoms with Crippen LogP contribution in [0.15, 0.2) is 0 Å². The molecule has 2 N–H and O–H groups in total. The van der Waals surface area contributed by atoms with Gasteiger partial charge >= 0.3 is 6.03 Å². The average molecular weight is 240 g/mol. The van der Waals surface area contributed by atoms with Gasteiger partial charge in [-0.05, 0) is 32.9 Å². The Balaban J connectivity index is 1.54. The quantitative estimate of drug-likeness (QED) is 0.647. The Labute approximate surface area is 104 Å². The second-order valence-corrected chi connectivity index (χ2v) is 5.02. The summed E-state index contributed by atoms with van der Waals surface area (Å²) < 4.78 is 0. The van der Waals surface area contributed by atoms with Gasteiger partial charge < -0.3 is 15.5 Å². The third kappa shape index (κ3) is 3.57. The van der Waals surface area contributed by atoms with E-state index < -0.39 is 0 Å². The molecule has 0 aromatic heterocycles. The normalized spacial score (nSPS) is 23.1. The van der Waals surface area contributed by atoms with Crippen molar-refractivity contribution in [2.24, 2.45) is 0 Å². The number of carbonyl (C=O) groups excluding carboxylic acids is 1. The Hall–Kier alpha value is -0.810. The van der Waals surface area contributed by atoms with Gasteiger partial charge in [-0.2, -0.15) is 0 Å². The first-order valence-electron chi connectivity index (χ1n) is 6.75. The monoisotopic (exact) mass is 240 g/mol. The van der Waals surface area contributed by atoms with E-state index in [1.54, 1.807) is 0 Å². The van der Waals surface area contributed by atoms with E-state index in [-0.39, 0.29) is 6.03 Å². The van der Waals surface area contributed by atoms with Crippen molar-refractivity contribution in [3.8, 4) is 0 Å². The first kappa shape index (κ1) is 12.6. The molecule has 1 atom stereocenters. The molecule has 2 amide bonds. The maximum absolute atomic E-state index is 11.3. The molecular weight excluding hydrogens is 216 g/mol. The summed E-state index contributed by atoms with van der Waals surface area (Å²) in [5, 5.41) is 6.26. The van der Waals surface area contributed by atoms with Crippen LogP contribution < -0.4 is 10.6 Å². The summed E-state index contributed by atoms with van der Waals surface area (Å²) in [5.41, 5.74) is 0. The molecule has 2 heterocycles. The van der Waals surface area contributed by atoms with Crippen molar-refractivity contribution in [3.63, 3.8) is 0 Å². The molecule has 98 valence electrons. The molecule has 0 aromatic carbocycles. The molecule has 0 bridgehead atoms. The molecule has 0 aliphatic carbocycles. The number of nitrogens with one attached hydrogen (secondary N) is 2. The SMILES string of the molecule is CC(CNCCN1CCNC1=O)N1CCCC1. The Morgan fingerprint density at radius 1 is 1.35 bits per heavy atom. The highest BCUT2D eigenvalue weighted by Gasteiger charge is 2.19. The van der Waals surface area contributed by atoms with Crippen molar-refractivity contribution in [1.82, 2.24) is 20.4 Å². The van der Waals surface area contributed by atoms with Gasteiger partial charge in [0.2, 0.25) is 0 Å². The molecule has 0 spiro atoms. The van der Waals surface area contributed by atoms with Crippen LogP contribution in [0.25, 0.3) is 0 Å². The number of amides is 2. The Bertz CT molecular complexity index is 253. The first-order valence-corrected chi connectivity index (χ1v) is 6.75. The Morgan fingerprint density at radius 3 is 2.76 bits per heavy atom. The van der Waals surface area contributed by atoms with Crippen LogP contribution in [0.3, 0.4) is 0 Å². The average Bonchev–Trinajstić information content (AvgIpc) is 2.96. The number of likely N-dealkylation sites (tertiary alicyclic amines) is 1. The fraction of sp³-hybridized carbons (Fsp3) is 0.917. The minimum atomic E-state index is 0.0828. The number of urea groups is 1. The molecule has 5 nitrogen and oxygen atoms in total. The van der Waals surface area contributed by atoms with Crippen LogP contribution in [-0.4, -0.2) is 67.7 Å². The second-order valence-electron chi connectivity index (χ2n) is 5.02. The Morgan fingerprint density at radius 2 is 2.12 bits per heavy atom. The van der Waals surface area contributed by atoms with Crippen LogP contribution in [0.2, 0.25) is 0 Å². The smallest absolute Gasteiger partial charge is 0.317 e. The van der Waals surface area contributed by atoms with Crippen LogP contribution in [0.5, 0.6) is 0 Å². The third-order valence-electron chi connectivity index (χ3n) is 3.71. The maximum Gasteiger partial charge on any atom is 0.317 e. The predicted octanol–water partition coefficient (Wildman–Crippen LogP) is 0.0855. The van der Waals surface area contributed by atoms with Crippen molar-refractivity contribution in [2.75, 3.05) is 45.8 Å². The van der Waals surface area contributed by atoms with Crippen LogP contribution in [0.4, 0.5) is 4.79 Å². The first-order chi connectivity index (χ1) is 8.27. The van der Waals surface area contributed by atoms with Crippen LogP contribution >= 0.6 is 0 Å². The van der Waals surface area contributed by atoms with Crippen molar-refractivity contribution in [1.29, 1.82) is 0 Å². The lowest BCUT2D eigenvalue weighted by Gasteiger charge is -2.24.